The third-order valence-corrected chi connectivity index (χ3v) is 4.95. The minimum Gasteiger partial charge on any atom is -0.307 e. The summed E-state index contributed by atoms with van der Waals surface area (Å²) in [6.45, 7) is 6.66. The first-order valence-electron chi connectivity index (χ1n) is 6.61. The molecule has 1 heterocycles. The maximum Gasteiger partial charge on any atom is 0.0294 e. The van der Waals surface area contributed by atoms with Crippen molar-refractivity contribution in [1.29, 1.82) is 0 Å². The normalized spacial score (nSPS) is 14.3. The van der Waals surface area contributed by atoms with Gasteiger partial charge in [0.1, 0.15) is 0 Å². The quantitative estimate of drug-likeness (QED) is 0.719. The standard InChI is InChI=1S/C16H20INS/c1-11(10-16-9-4-12(2)19-16)18-13(3)14-5-7-15(17)8-6-14/h4-9,11,13,18H,10H2,1-3H3. The number of rotatable bonds is 5. The topological polar surface area (TPSA) is 12.0 Å². The van der Waals surface area contributed by atoms with Gasteiger partial charge < -0.3 is 5.32 Å². The maximum atomic E-state index is 3.68. The summed E-state index contributed by atoms with van der Waals surface area (Å²) in [5.74, 6) is 0. The van der Waals surface area contributed by atoms with Crippen molar-refractivity contribution in [3.05, 3.63) is 55.3 Å². The summed E-state index contributed by atoms with van der Waals surface area (Å²) in [5.41, 5.74) is 1.36. The van der Waals surface area contributed by atoms with Gasteiger partial charge in [0, 0.05) is 25.4 Å². The van der Waals surface area contributed by atoms with Crippen LogP contribution in [0.3, 0.4) is 0 Å². The van der Waals surface area contributed by atoms with Crippen molar-refractivity contribution < 1.29 is 0 Å². The number of hydrogen-bond acceptors (Lipinski definition) is 2. The second kappa shape index (κ2) is 6.86. The predicted octanol–water partition coefficient (Wildman–Crippen LogP) is 4.94. The Morgan fingerprint density at radius 2 is 1.79 bits per heavy atom. The van der Waals surface area contributed by atoms with E-state index in [1.165, 1.54) is 18.9 Å². The molecule has 3 heteroatoms. The molecule has 19 heavy (non-hydrogen) atoms. The van der Waals surface area contributed by atoms with Crippen molar-refractivity contribution in [2.45, 2.75) is 39.3 Å². The van der Waals surface area contributed by atoms with Crippen LogP contribution in [0.25, 0.3) is 0 Å². The highest BCUT2D eigenvalue weighted by molar-refractivity contribution is 14.1. The van der Waals surface area contributed by atoms with E-state index in [4.69, 9.17) is 0 Å². The molecule has 0 amide bonds. The van der Waals surface area contributed by atoms with Crippen LogP contribution in [0, 0.1) is 10.5 Å². The highest BCUT2D eigenvalue weighted by Crippen LogP contribution is 2.19. The Morgan fingerprint density at radius 1 is 1.11 bits per heavy atom. The molecule has 1 aromatic carbocycles. The summed E-state index contributed by atoms with van der Waals surface area (Å²) in [6.07, 6.45) is 1.10. The summed E-state index contributed by atoms with van der Waals surface area (Å²) in [5, 5.41) is 3.68. The SMILES string of the molecule is Cc1ccc(CC(C)NC(C)c2ccc(I)cc2)s1. The number of aryl methyl sites for hydroxylation is 1. The molecule has 0 aliphatic rings. The molecule has 0 saturated heterocycles. The van der Waals surface area contributed by atoms with Gasteiger partial charge in [-0.05, 0) is 79.6 Å². The molecule has 1 N–H and O–H groups in total. The molecule has 0 aliphatic heterocycles. The van der Waals surface area contributed by atoms with Crippen molar-refractivity contribution in [2.24, 2.45) is 0 Å². The fourth-order valence-electron chi connectivity index (χ4n) is 2.23. The van der Waals surface area contributed by atoms with Gasteiger partial charge in [-0.3, -0.25) is 0 Å². The van der Waals surface area contributed by atoms with Crippen molar-refractivity contribution in [1.82, 2.24) is 5.32 Å². The van der Waals surface area contributed by atoms with E-state index in [0.717, 1.165) is 6.42 Å². The van der Waals surface area contributed by atoms with Crippen LogP contribution in [0.1, 0.15) is 35.2 Å². The molecular weight excluding hydrogens is 365 g/mol. The van der Waals surface area contributed by atoms with Gasteiger partial charge >= 0.3 is 0 Å². The molecule has 1 nitrogen and oxygen atoms in total. The van der Waals surface area contributed by atoms with Gasteiger partial charge in [0.05, 0.1) is 0 Å². The molecule has 2 aromatic rings. The Balaban J connectivity index is 1.91. The fourth-order valence-corrected chi connectivity index (χ4v) is 3.61. The van der Waals surface area contributed by atoms with Crippen LogP contribution in [0.5, 0.6) is 0 Å². The highest BCUT2D eigenvalue weighted by Gasteiger charge is 2.10. The molecular formula is C16H20INS. The first kappa shape index (κ1) is 15.0. The maximum absolute atomic E-state index is 3.68. The number of halogens is 1. The van der Waals surface area contributed by atoms with Gasteiger partial charge in [0.15, 0.2) is 0 Å². The first-order chi connectivity index (χ1) is 9.04. The average Bonchev–Trinajstić information content (AvgIpc) is 2.75. The molecule has 1 aromatic heterocycles. The van der Waals surface area contributed by atoms with E-state index in [1.54, 1.807) is 0 Å². The van der Waals surface area contributed by atoms with Crippen LogP contribution in [0.2, 0.25) is 0 Å². The van der Waals surface area contributed by atoms with Crippen molar-refractivity contribution in [2.75, 3.05) is 0 Å². The van der Waals surface area contributed by atoms with Crippen molar-refractivity contribution in [3.8, 4) is 0 Å². The zero-order valence-corrected chi connectivity index (χ0v) is 14.6. The summed E-state index contributed by atoms with van der Waals surface area (Å²) >= 11 is 4.24. The molecule has 2 unspecified atom stereocenters. The van der Waals surface area contributed by atoms with E-state index < -0.39 is 0 Å². The van der Waals surface area contributed by atoms with E-state index >= 15 is 0 Å². The monoisotopic (exact) mass is 385 g/mol. The fraction of sp³-hybridized carbons (Fsp3) is 0.375. The Morgan fingerprint density at radius 3 is 2.37 bits per heavy atom. The lowest BCUT2D eigenvalue weighted by Gasteiger charge is -2.20. The summed E-state index contributed by atoms with van der Waals surface area (Å²) in [6, 6.07) is 14.1. The molecule has 2 atom stereocenters. The third-order valence-electron chi connectivity index (χ3n) is 3.21. The van der Waals surface area contributed by atoms with E-state index in [9.17, 15) is 0 Å². The van der Waals surface area contributed by atoms with Gasteiger partial charge in [-0.2, -0.15) is 0 Å². The van der Waals surface area contributed by atoms with Gasteiger partial charge in [0.2, 0.25) is 0 Å². The molecule has 0 aliphatic carbocycles. The molecule has 102 valence electrons. The van der Waals surface area contributed by atoms with Crippen molar-refractivity contribution >= 4 is 33.9 Å². The van der Waals surface area contributed by atoms with E-state index in [0.29, 0.717) is 12.1 Å². The van der Waals surface area contributed by atoms with Gasteiger partial charge in [-0.1, -0.05) is 12.1 Å². The Kier molecular flexibility index (Phi) is 5.42. The van der Waals surface area contributed by atoms with Crippen LogP contribution in [-0.2, 0) is 6.42 Å². The number of benzene rings is 1. The lowest BCUT2D eigenvalue weighted by Crippen LogP contribution is -2.30. The minimum absolute atomic E-state index is 0.396. The lowest BCUT2D eigenvalue weighted by molar-refractivity contribution is 0.479. The molecule has 0 fully saturated rings. The van der Waals surface area contributed by atoms with Crippen LogP contribution in [0.15, 0.2) is 36.4 Å². The van der Waals surface area contributed by atoms with Crippen molar-refractivity contribution in [3.63, 3.8) is 0 Å². The second-order valence-corrected chi connectivity index (χ2v) is 7.68. The van der Waals surface area contributed by atoms with Crippen LogP contribution < -0.4 is 5.32 Å². The molecule has 2 rings (SSSR count). The second-order valence-electron chi connectivity index (χ2n) is 5.06. The predicted molar refractivity (Wildman–Crippen MR) is 92.9 cm³/mol. The van der Waals surface area contributed by atoms with Gasteiger partial charge in [-0.15, -0.1) is 11.3 Å². The lowest BCUT2D eigenvalue weighted by atomic mass is 10.1. The van der Waals surface area contributed by atoms with Crippen LogP contribution >= 0.6 is 33.9 Å². The Hall–Kier alpha value is -0.390. The van der Waals surface area contributed by atoms with Gasteiger partial charge in [0.25, 0.3) is 0 Å². The van der Waals surface area contributed by atoms with E-state index in [-0.39, 0.29) is 0 Å². The summed E-state index contributed by atoms with van der Waals surface area (Å²) < 4.78 is 1.29. The van der Waals surface area contributed by atoms with Crippen LogP contribution in [0.4, 0.5) is 0 Å². The van der Waals surface area contributed by atoms with Gasteiger partial charge in [-0.25, -0.2) is 0 Å². The largest absolute Gasteiger partial charge is 0.307 e. The Labute approximate surface area is 133 Å². The minimum atomic E-state index is 0.396. The zero-order valence-electron chi connectivity index (χ0n) is 11.6. The van der Waals surface area contributed by atoms with Crippen LogP contribution in [-0.4, -0.2) is 6.04 Å². The number of nitrogens with one attached hydrogen (secondary N) is 1. The highest BCUT2D eigenvalue weighted by atomic mass is 127. The molecule has 0 bridgehead atoms. The average molecular weight is 385 g/mol. The zero-order chi connectivity index (χ0) is 13.8. The molecule has 0 spiro atoms. The summed E-state index contributed by atoms with van der Waals surface area (Å²) in [4.78, 5) is 2.86. The van der Waals surface area contributed by atoms with E-state index in [2.05, 4.69) is 85.1 Å². The molecule has 0 saturated carbocycles. The number of hydrogen-bond donors (Lipinski definition) is 1. The number of thiophene rings is 1. The molecule has 0 radical (unpaired) electrons. The smallest absolute Gasteiger partial charge is 0.0294 e. The van der Waals surface area contributed by atoms with E-state index in [1.807, 2.05) is 11.3 Å². The first-order valence-corrected chi connectivity index (χ1v) is 8.51. The summed E-state index contributed by atoms with van der Waals surface area (Å²) in [7, 11) is 0. The Bertz CT molecular complexity index is 518. The third kappa shape index (κ3) is 4.58.